The fourth-order valence-corrected chi connectivity index (χ4v) is 1.50. The van der Waals surface area contributed by atoms with E-state index in [4.69, 9.17) is 5.73 Å². The lowest BCUT2D eigenvalue weighted by Crippen LogP contribution is -2.36. The summed E-state index contributed by atoms with van der Waals surface area (Å²) in [6.45, 7) is 5.89. The monoisotopic (exact) mass is 239 g/mol. The standard InChI is InChI=1S/C11H21N5O/c1-7(2)9(12)5-10(17)14-8(3)11-15-13-6-16(11)4/h6-9H,5,12H2,1-4H3,(H,14,17). The molecule has 0 radical (unpaired) electrons. The van der Waals surface area contributed by atoms with E-state index in [-0.39, 0.29) is 18.0 Å². The van der Waals surface area contributed by atoms with Gasteiger partial charge in [0.2, 0.25) is 5.91 Å². The summed E-state index contributed by atoms with van der Waals surface area (Å²) in [5.74, 6) is 0.976. The SMILES string of the molecule is CC(NC(=O)CC(N)C(C)C)c1nncn1C. The van der Waals surface area contributed by atoms with Gasteiger partial charge in [-0.1, -0.05) is 13.8 Å². The van der Waals surface area contributed by atoms with Crippen LogP contribution in [0.1, 0.15) is 39.1 Å². The molecule has 1 aromatic heterocycles. The Bertz CT molecular complexity index is 374. The Morgan fingerprint density at radius 3 is 2.65 bits per heavy atom. The quantitative estimate of drug-likeness (QED) is 0.777. The van der Waals surface area contributed by atoms with Crippen molar-refractivity contribution in [1.29, 1.82) is 0 Å². The molecule has 96 valence electrons. The van der Waals surface area contributed by atoms with Crippen molar-refractivity contribution in [2.75, 3.05) is 0 Å². The lowest BCUT2D eigenvalue weighted by Gasteiger charge is -2.17. The number of hydrogen-bond acceptors (Lipinski definition) is 4. The summed E-state index contributed by atoms with van der Waals surface area (Å²) in [5, 5.41) is 10.6. The third-order valence-corrected chi connectivity index (χ3v) is 2.79. The van der Waals surface area contributed by atoms with Gasteiger partial charge in [-0.05, 0) is 12.8 Å². The van der Waals surface area contributed by atoms with Crippen molar-refractivity contribution in [3.63, 3.8) is 0 Å². The molecule has 1 heterocycles. The van der Waals surface area contributed by atoms with E-state index < -0.39 is 0 Å². The molecule has 0 fully saturated rings. The molecule has 6 heteroatoms. The third-order valence-electron chi connectivity index (χ3n) is 2.79. The number of hydrogen-bond donors (Lipinski definition) is 2. The van der Waals surface area contributed by atoms with Gasteiger partial charge in [0.15, 0.2) is 5.82 Å². The van der Waals surface area contributed by atoms with Gasteiger partial charge < -0.3 is 15.6 Å². The van der Waals surface area contributed by atoms with Gasteiger partial charge in [0.05, 0.1) is 6.04 Å². The van der Waals surface area contributed by atoms with Crippen molar-refractivity contribution in [2.24, 2.45) is 18.7 Å². The van der Waals surface area contributed by atoms with Gasteiger partial charge in [0.1, 0.15) is 6.33 Å². The number of aromatic nitrogens is 3. The molecule has 1 rings (SSSR count). The van der Waals surface area contributed by atoms with Gasteiger partial charge in [-0.25, -0.2) is 0 Å². The predicted octanol–water partition coefficient (Wildman–Crippen LogP) is 0.366. The topological polar surface area (TPSA) is 85.8 Å². The molecule has 2 unspecified atom stereocenters. The van der Waals surface area contributed by atoms with Crippen LogP contribution in [0, 0.1) is 5.92 Å². The van der Waals surface area contributed by atoms with Crippen LogP contribution < -0.4 is 11.1 Å². The predicted molar refractivity (Wildman–Crippen MR) is 65.0 cm³/mol. The summed E-state index contributed by atoms with van der Waals surface area (Å²) < 4.78 is 1.79. The molecule has 3 N–H and O–H groups in total. The average Bonchev–Trinajstić information content (AvgIpc) is 2.63. The summed E-state index contributed by atoms with van der Waals surface area (Å²) >= 11 is 0. The maximum Gasteiger partial charge on any atom is 0.222 e. The number of nitrogens with two attached hydrogens (primary N) is 1. The van der Waals surface area contributed by atoms with E-state index in [1.165, 1.54) is 0 Å². The van der Waals surface area contributed by atoms with Crippen molar-refractivity contribution >= 4 is 5.91 Å². The molecule has 0 aliphatic carbocycles. The number of carbonyl (C=O) groups excluding carboxylic acids is 1. The fraction of sp³-hybridized carbons (Fsp3) is 0.727. The number of amides is 1. The highest BCUT2D eigenvalue weighted by Gasteiger charge is 2.17. The second kappa shape index (κ2) is 5.77. The summed E-state index contributed by atoms with van der Waals surface area (Å²) in [6.07, 6.45) is 1.94. The highest BCUT2D eigenvalue weighted by Crippen LogP contribution is 2.09. The smallest absolute Gasteiger partial charge is 0.222 e. The molecule has 0 aromatic carbocycles. The zero-order chi connectivity index (χ0) is 13.0. The first kappa shape index (κ1) is 13.6. The Labute approximate surface area is 102 Å². The summed E-state index contributed by atoms with van der Waals surface area (Å²) in [5.41, 5.74) is 5.85. The van der Waals surface area contributed by atoms with Gasteiger partial charge >= 0.3 is 0 Å². The van der Waals surface area contributed by atoms with E-state index in [9.17, 15) is 4.79 Å². The maximum atomic E-state index is 11.7. The molecule has 0 bridgehead atoms. The highest BCUT2D eigenvalue weighted by molar-refractivity contribution is 5.76. The van der Waals surface area contributed by atoms with Crippen LogP contribution in [0.4, 0.5) is 0 Å². The van der Waals surface area contributed by atoms with E-state index in [1.54, 1.807) is 10.9 Å². The van der Waals surface area contributed by atoms with Crippen LogP contribution in [0.5, 0.6) is 0 Å². The van der Waals surface area contributed by atoms with Crippen LogP contribution in [-0.4, -0.2) is 26.7 Å². The summed E-state index contributed by atoms with van der Waals surface area (Å²) in [6, 6.07) is -0.268. The van der Waals surface area contributed by atoms with Crippen molar-refractivity contribution in [1.82, 2.24) is 20.1 Å². The average molecular weight is 239 g/mol. The first-order chi connectivity index (χ1) is 7.91. The molecule has 0 saturated carbocycles. The molecule has 0 aliphatic heterocycles. The molecule has 0 spiro atoms. The molecule has 1 aromatic rings. The van der Waals surface area contributed by atoms with Gasteiger partial charge in [0.25, 0.3) is 0 Å². The highest BCUT2D eigenvalue weighted by atomic mass is 16.1. The normalized spacial score (nSPS) is 14.7. The number of carbonyl (C=O) groups is 1. The van der Waals surface area contributed by atoms with Gasteiger partial charge in [-0.15, -0.1) is 10.2 Å². The largest absolute Gasteiger partial charge is 0.346 e. The van der Waals surface area contributed by atoms with Crippen LogP contribution in [0.25, 0.3) is 0 Å². The number of nitrogens with zero attached hydrogens (tertiary/aromatic N) is 3. The lowest BCUT2D eigenvalue weighted by molar-refractivity contribution is -0.122. The number of aryl methyl sites for hydroxylation is 1. The van der Waals surface area contributed by atoms with Crippen molar-refractivity contribution in [2.45, 2.75) is 39.3 Å². The first-order valence-electron chi connectivity index (χ1n) is 5.80. The van der Waals surface area contributed by atoms with Crippen LogP contribution in [0.15, 0.2) is 6.33 Å². The van der Waals surface area contributed by atoms with Crippen molar-refractivity contribution < 1.29 is 4.79 Å². The minimum atomic E-state index is -0.158. The Kier molecular flexibility index (Phi) is 4.62. The Morgan fingerprint density at radius 2 is 2.18 bits per heavy atom. The zero-order valence-corrected chi connectivity index (χ0v) is 10.8. The Balaban J connectivity index is 2.49. The second-order valence-corrected chi connectivity index (χ2v) is 4.70. The maximum absolute atomic E-state index is 11.7. The van der Waals surface area contributed by atoms with E-state index >= 15 is 0 Å². The summed E-state index contributed by atoms with van der Waals surface area (Å²) in [7, 11) is 1.85. The molecular formula is C11H21N5O. The first-order valence-corrected chi connectivity index (χ1v) is 5.80. The van der Waals surface area contributed by atoms with E-state index in [2.05, 4.69) is 15.5 Å². The zero-order valence-electron chi connectivity index (χ0n) is 10.8. The van der Waals surface area contributed by atoms with E-state index in [0.29, 0.717) is 12.3 Å². The molecule has 2 atom stereocenters. The lowest BCUT2D eigenvalue weighted by atomic mass is 10.0. The van der Waals surface area contributed by atoms with Crippen LogP contribution in [0.2, 0.25) is 0 Å². The van der Waals surface area contributed by atoms with Gasteiger partial charge in [0, 0.05) is 19.5 Å². The molecule has 6 nitrogen and oxygen atoms in total. The molecular weight excluding hydrogens is 218 g/mol. The minimum absolute atomic E-state index is 0.0540. The van der Waals surface area contributed by atoms with Crippen molar-refractivity contribution in [3.05, 3.63) is 12.2 Å². The summed E-state index contributed by atoms with van der Waals surface area (Å²) in [4.78, 5) is 11.7. The number of nitrogens with one attached hydrogen (secondary N) is 1. The third kappa shape index (κ3) is 3.81. The molecule has 0 aliphatic rings. The van der Waals surface area contributed by atoms with E-state index in [1.807, 2.05) is 27.8 Å². The minimum Gasteiger partial charge on any atom is -0.346 e. The van der Waals surface area contributed by atoms with Crippen LogP contribution >= 0.6 is 0 Å². The molecule has 0 saturated heterocycles. The molecule has 1 amide bonds. The van der Waals surface area contributed by atoms with Crippen molar-refractivity contribution in [3.8, 4) is 0 Å². The van der Waals surface area contributed by atoms with E-state index in [0.717, 1.165) is 5.82 Å². The Morgan fingerprint density at radius 1 is 1.53 bits per heavy atom. The van der Waals surface area contributed by atoms with Gasteiger partial charge in [-0.2, -0.15) is 0 Å². The molecule has 17 heavy (non-hydrogen) atoms. The van der Waals surface area contributed by atoms with Gasteiger partial charge in [-0.3, -0.25) is 4.79 Å². The Hall–Kier alpha value is -1.43. The fourth-order valence-electron chi connectivity index (χ4n) is 1.50. The van der Waals surface area contributed by atoms with Crippen LogP contribution in [0.3, 0.4) is 0 Å². The second-order valence-electron chi connectivity index (χ2n) is 4.70. The van der Waals surface area contributed by atoms with Crippen LogP contribution in [-0.2, 0) is 11.8 Å². The number of rotatable bonds is 5.